The molecule has 4 nitrogen and oxygen atoms in total. The highest BCUT2D eigenvalue weighted by atomic mass is 15.2. The van der Waals surface area contributed by atoms with Gasteiger partial charge in [-0.2, -0.15) is 0 Å². The van der Waals surface area contributed by atoms with E-state index in [0.29, 0.717) is 0 Å². The highest BCUT2D eigenvalue weighted by molar-refractivity contribution is 5.51. The van der Waals surface area contributed by atoms with Gasteiger partial charge in [-0.3, -0.25) is 11.1 Å². The van der Waals surface area contributed by atoms with Gasteiger partial charge in [-0.25, -0.2) is 4.99 Å². The zero-order valence-electron chi connectivity index (χ0n) is 4.26. The van der Waals surface area contributed by atoms with Crippen LogP contribution in [0.15, 0.2) is 4.99 Å². The minimum atomic E-state index is -0.356. The van der Waals surface area contributed by atoms with Crippen LogP contribution in [0.25, 0.3) is 0 Å². The predicted octanol–water partition coefficient (Wildman–Crippen LogP) is -1.56. The monoisotopic (exact) mass is 102 g/mol. The van der Waals surface area contributed by atoms with Gasteiger partial charge >= 0.3 is 0 Å². The Hall–Kier alpha value is -0.610. The standard InChI is InChI=1S/C3H10N4/c1-6-3(5)7-2-4/h2-3,6H,5H2,1H3,(H2,4,7). The van der Waals surface area contributed by atoms with Crippen molar-refractivity contribution in [2.75, 3.05) is 7.05 Å². The number of nitrogens with zero attached hydrogens (tertiary/aromatic N) is 1. The Morgan fingerprint density at radius 3 is 2.57 bits per heavy atom. The van der Waals surface area contributed by atoms with Gasteiger partial charge < -0.3 is 5.73 Å². The van der Waals surface area contributed by atoms with Crippen molar-refractivity contribution in [1.82, 2.24) is 5.32 Å². The molecular formula is C3H10N4. The van der Waals surface area contributed by atoms with E-state index in [1.165, 1.54) is 6.34 Å². The van der Waals surface area contributed by atoms with Crippen molar-refractivity contribution < 1.29 is 0 Å². The second-order valence-electron chi connectivity index (χ2n) is 1.03. The molecule has 0 heterocycles. The first-order valence-corrected chi connectivity index (χ1v) is 1.97. The summed E-state index contributed by atoms with van der Waals surface area (Å²) in [5, 5.41) is 2.67. The van der Waals surface area contributed by atoms with Gasteiger partial charge in [0.1, 0.15) is 0 Å². The zero-order valence-corrected chi connectivity index (χ0v) is 4.26. The van der Waals surface area contributed by atoms with E-state index < -0.39 is 0 Å². The first-order chi connectivity index (χ1) is 3.31. The van der Waals surface area contributed by atoms with Gasteiger partial charge in [0.2, 0.25) is 0 Å². The minimum absolute atomic E-state index is 0.356. The third-order valence-corrected chi connectivity index (χ3v) is 0.542. The number of rotatable bonds is 2. The van der Waals surface area contributed by atoms with E-state index >= 15 is 0 Å². The van der Waals surface area contributed by atoms with Gasteiger partial charge in [-0.15, -0.1) is 0 Å². The fourth-order valence-corrected chi connectivity index (χ4v) is 0.167. The molecule has 0 fully saturated rings. The molecule has 0 aromatic heterocycles. The van der Waals surface area contributed by atoms with Gasteiger partial charge in [0.15, 0.2) is 6.29 Å². The summed E-state index contributed by atoms with van der Waals surface area (Å²) in [7, 11) is 1.71. The largest absolute Gasteiger partial charge is 0.390 e. The Balaban J connectivity index is 3.16. The highest BCUT2D eigenvalue weighted by Crippen LogP contribution is 1.63. The number of nitrogens with two attached hydrogens (primary N) is 2. The van der Waals surface area contributed by atoms with Gasteiger partial charge in [0, 0.05) is 0 Å². The Morgan fingerprint density at radius 1 is 1.86 bits per heavy atom. The Kier molecular flexibility index (Phi) is 3.26. The molecule has 0 radical (unpaired) electrons. The number of hydrogen-bond acceptors (Lipinski definition) is 3. The molecule has 0 saturated heterocycles. The van der Waals surface area contributed by atoms with Crippen LogP contribution < -0.4 is 16.8 Å². The van der Waals surface area contributed by atoms with E-state index in [-0.39, 0.29) is 6.29 Å². The third kappa shape index (κ3) is 3.21. The van der Waals surface area contributed by atoms with Crippen LogP contribution in [0.3, 0.4) is 0 Å². The topological polar surface area (TPSA) is 76.4 Å². The van der Waals surface area contributed by atoms with Crippen LogP contribution in [0.1, 0.15) is 0 Å². The van der Waals surface area contributed by atoms with Crippen LogP contribution >= 0.6 is 0 Å². The molecule has 0 spiro atoms. The van der Waals surface area contributed by atoms with Crippen molar-refractivity contribution in [3.8, 4) is 0 Å². The molecule has 0 aromatic rings. The van der Waals surface area contributed by atoms with Crippen LogP contribution in [0.2, 0.25) is 0 Å². The van der Waals surface area contributed by atoms with E-state index in [1.807, 2.05) is 0 Å². The molecule has 0 aliphatic rings. The maximum Gasteiger partial charge on any atom is 0.152 e. The summed E-state index contributed by atoms with van der Waals surface area (Å²) in [4.78, 5) is 3.56. The molecule has 5 N–H and O–H groups in total. The van der Waals surface area contributed by atoms with Crippen molar-refractivity contribution in [3.05, 3.63) is 0 Å². The maximum atomic E-state index is 5.19. The third-order valence-electron chi connectivity index (χ3n) is 0.542. The average Bonchev–Trinajstić information content (AvgIpc) is 1.68. The second-order valence-corrected chi connectivity index (χ2v) is 1.03. The molecule has 0 bridgehead atoms. The molecule has 1 atom stereocenters. The molecule has 0 aliphatic carbocycles. The maximum absolute atomic E-state index is 5.19. The van der Waals surface area contributed by atoms with E-state index in [9.17, 15) is 0 Å². The van der Waals surface area contributed by atoms with Crippen molar-refractivity contribution in [1.29, 1.82) is 0 Å². The smallest absolute Gasteiger partial charge is 0.152 e. The van der Waals surface area contributed by atoms with Crippen molar-refractivity contribution in [3.63, 3.8) is 0 Å². The first-order valence-electron chi connectivity index (χ1n) is 1.97. The Labute approximate surface area is 42.6 Å². The van der Waals surface area contributed by atoms with Gasteiger partial charge in [-0.1, -0.05) is 0 Å². The molecule has 42 valence electrons. The summed E-state index contributed by atoms with van der Waals surface area (Å²) in [6.45, 7) is 0. The van der Waals surface area contributed by atoms with Crippen molar-refractivity contribution in [2.24, 2.45) is 16.5 Å². The van der Waals surface area contributed by atoms with Crippen molar-refractivity contribution in [2.45, 2.75) is 6.29 Å². The summed E-state index contributed by atoms with van der Waals surface area (Å²) < 4.78 is 0. The summed E-state index contributed by atoms with van der Waals surface area (Å²) in [5.74, 6) is 0. The van der Waals surface area contributed by atoms with Gasteiger partial charge in [0.25, 0.3) is 0 Å². The van der Waals surface area contributed by atoms with Crippen LogP contribution in [0, 0.1) is 0 Å². The lowest BCUT2D eigenvalue weighted by atomic mass is 10.9. The minimum Gasteiger partial charge on any atom is -0.390 e. The van der Waals surface area contributed by atoms with E-state index in [1.54, 1.807) is 7.05 Å². The molecule has 0 saturated carbocycles. The van der Waals surface area contributed by atoms with E-state index in [2.05, 4.69) is 10.3 Å². The highest BCUT2D eigenvalue weighted by Gasteiger charge is 1.84. The fourth-order valence-electron chi connectivity index (χ4n) is 0.167. The average molecular weight is 102 g/mol. The molecular weight excluding hydrogens is 92.1 g/mol. The van der Waals surface area contributed by atoms with Crippen LogP contribution in [0.4, 0.5) is 0 Å². The summed E-state index contributed by atoms with van der Waals surface area (Å²) in [6, 6.07) is 0. The van der Waals surface area contributed by atoms with Crippen LogP contribution in [-0.2, 0) is 0 Å². The normalized spacial score (nSPS) is 15.1. The molecule has 0 aliphatic heterocycles. The molecule has 0 aromatic carbocycles. The Morgan fingerprint density at radius 2 is 2.43 bits per heavy atom. The number of hydrogen-bond donors (Lipinski definition) is 3. The lowest BCUT2D eigenvalue weighted by Gasteiger charge is -1.99. The molecule has 7 heavy (non-hydrogen) atoms. The zero-order chi connectivity index (χ0) is 5.70. The summed E-state index contributed by atoms with van der Waals surface area (Å²) in [5.41, 5.74) is 10.1. The second kappa shape index (κ2) is 3.58. The van der Waals surface area contributed by atoms with Crippen molar-refractivity contribution >= 4 is 6.34 Å². The summed E-state index contributed by atoms with van der Waals surface area (Å²) in [6.07, 6.45) is 0.811. The molecule has 4 heteroatoms. The quantitative estimate of drug-likeness (QED) is 0.224. The predicted molar refractivity (Wildman–Crippen MR) is 29.7 cm³/mol. The van der Waals surface area contributed by atoms with E-state index in [4.69, 9.17) is 11.5 Å². The lowest BCUT2D eigenvalue weighted by Crippen LogP contribution is -2.32. The first kappa shape index (κ1) is 6.39. The molecule has 0 amide bonds. The SMILES string of the molecule is CNC(N)N=CN. The lowest BCUT2D eigenvalue weighted by molar-refractivity contribution is 0.615. The number of nitrogens with one attached hydrogen (secondary N) is 1. The van der Waals surface area contributed by atoms with E-state index in [0.717, 1.165) is 0 Å². The molecule has 0 rings (SSSR count). The van der Waals surface area contributed by atoms with Crippen LogP contribution in [0.5, 0.6) is 0 Å². The van der Waals surface area contributed by atoms with Gasteiger partial charge in [-0.05, 0) is 7.05 Å². The van der Waals surface area contributed by atoms with Gasteiger partial charge in [0.05, 0.1) is 6.34 Å². The number of aliphatic imine (C=N–C) groups is 1. The Bertz CT molecular complexity index is 60.0. The fraction of sp³-hybridized carbons (Fsp3) is 0.667. The summed E-state index contributed by atoms with van der Waals surface area (Å²) >= 11 is 0. The van der Waals surface area contributed by atoms with Crippen LogP contribution in [-0.4, -0.2) is 19.7 Å². The molecule has 1 unspecified atom stereocenters.